The van der Waals surface area contributed by atoms with Gasteiger partial charge in [-0.3, -0.25) is 4.99 Å². The number of nitrogens with zero attached hydrogens (tertiary/aromatic N) is 1. The molecule has 0 radical (unpaired) electrons. The van der Waals surface area contributed by atoms with Crippen LogP contribution < -0.4 is 0 Å². The van der Waals surface area contributed by atoms with Gasteiger partial charge in [0.05, 0.1) is 11.2 Å². The molecule has 0 aliphatic carbocycles. The van der Waals surface area contributed by atoms with Crippen molar-refractivity contribution in [3.05, 3.63) is 11.5 Å². The maximum absolute atomic E-state index is 6.07. The van der Waals surface area contributed by atoms with Gasteiger partial charge in [0.1, 0.15) is 0 Å². The number of rotatable bonds is 3. The predicted octanol–water partition coefficient (Wildman–Crippen LogP) is 2.66. The zero-order chi connectivity index (χ0) is 13.8. The molecule has 1 heterocycles. The summed E-state index contributed by atoms with van der Waals surface area (Å²) >= 11 is 0. The Morgan fingerprint density at radius 3 is 2.56 bits per heavy atom. The summed E-state index contributed by atoms with van der Waals surface area (Å²) in [4.78, 5) is 3.93. The number of allylic oxidation sites excluding steroid dienone is 2. The van der Waals surface area contributed by atoms with Gasteiger partial charge in [-0.15, -0.1) is 11.8 Å². The monoisotopic (exact) mass is 247 g/mol. The van der Waals surface area contributed by atoms with Crippen molar-refractivity contribution < 1.29 is 9.31 Å². The molecule has 1 aliphatic heterocycles. The molecule has 0 N–H and O–H groups in total. The maximum atomic E-state index is 6.07. The maximum Gasteiger partial charge on any atom is 0.490 e. The topological polar surface area (TPSA) is 30.8 Å². The van der Waals surface area contributed by atoms with E-state index in [-0.39, 0.29) is 18.3 Å². The molecule has 3 nitrogen and oxygen atoms in total. The number of hydrogen-bond donors (Lipinski definition) is 0. The largest absolute Gasteiger partial charge is 0.490 e. The molecule has 1 unspecified atom stereocenters. The zero-order valence-electron chi connectivity index (χ0n) is 12.2. The molecule has 1 fully saturated rings. The molecule has 4 heteroatoms. The van der Waals surface area contributed by atoms with Crippen LogP contribution in [0.1, 0.15) is 41.0 Å². The third-order valence-corrected chi connectivity index (χ3v) is 3.50. The van der Waals surface area contributed by atoms with E-state index in [0.717, 1.165) is 5.47 Å². The van der Waals surface area contributed by atoms with E-state index in [1.807, 2.05) is 33.8 Å². The minimum atomic E-state index is -0.390. The average Bonchev–Trinajstić information content (AvgIpc) is 2.55. The molecule has 1 saturated heterocycles. The summed E-state index contributed by atoms with van der Waals surface area (Å²) < 4.78 is 12.1. The van der Waals surface area contributed by atoms with Crippen LogP contribution in [0.5, 0.6) is 0 Å². The first-order chi connectivity index (χ1) is 8.36. The molecule has 98 valence electrons. The molecule has 1 aliphatic rings. The molecule has 0 spiro atoms. The lowest BCUT2D eigenvalue weighted by Crippen LogP contribution is -2.44. The summed E-state index contributed by atoms with van der Waals surface area (Å²) in [6.07, 6.45) is 4.33. The normalized spacial score (nSPS) is 27.4. The van der Waals surface area contributed by atoms with Crippen molar-refractivity contribution in [3.63, 3.8) is 0 Å². The van der Waals surface area contributed by atoms with Gasteiger partial charge in [-0.05, 0) is 46.2 Å². The van der Waals surface area contributed by atoms with Crippen LogP contribution in [0.2, 0.25) is 0 Å². The van der Waals surface area contributed by atoms with Gasteiger partial charge in [0.25, 0.3) is 0 Å². The van der Waals surface area contributed by atoms with Gasteiger partial charge in [-0.2, -0.15) is 0 Å². The first-order valence-electron chi connectivity index (χ1n) is 6.20. The zero-order valence-corrected chi connectivity index (χ0v) is 12.2. The van der Waals surface area contributed by atoms with Crippen molar-refractivity contribution in [1.82, 2.24) is 0 Å². The summed E-state index contributed by atoms with van der Waals surface area (Å²) in [7, 11) is 1.42. The highest BCUT2D eigenvalue weighted by Gasteiger charge is 2.54. The Morgan fingerprint density at radius 2 is 2.00 bits per heavy atom. The number of aliphatic imine (C=N–C) groups is 1. The quantitative estimate of drug-likeness (QED) is 0.436. The molecule has 0 aromatic rings. The van der Waals surface area contributed by atoms with E-state index in [4.69, 9.17) is 9.31 Å². The molecule has 0 bridgehead atoms. The van der Waals surface area contributed by atoms with Crippen molar-refractivity contribution in [2.45, 2.75) is 52.2 Å². The molecule has 18 heavy (non-hydrogen) atoms. The van der Waals surface area contributed by atoms with Gasteiger partial charge in [0.2, 0.25) is 0 Å². The summed E-state index contributed by atoms with van der Waals surface area (Å²) in [6.45, 7) is 9.97. The van der Waals surface area contributed by atoms with Crippen LogP contribution in [0.25, 0.3) is 0 Å². The Kier molecular flexibility index (Phi) is 4.78. The fourth-order valence-electron chi connectivity index (χ4n) is 1.76. The van der Waals surface area contributed by atoms with Crippen molar-refractivity contribution in [2.24, 2.45) is 4.99 Å². The lowest BCUT2D eigenvalue weighted by atomic mass is 9.79. The van der Waals surface area contributed by atoms with Crippen LogP contribution in [0.3, 0.4) is 0 Å². The first-order valence-corrected chi connectivity index (χ1v) is 6.20. The lowest BCUT2D eigenvalue weighted by molar-refractivity contribution is -0.00513. The summed E-state index contributed by atoms with van der Waals surface area (Å²) in [5.74, 6) is 6.00. The van der Waals surface area contributed by atoms with E-state index in [1.165, 1.54) is 0 Å². The summed E-state index contributed by atoms with van der Waals surface area (Å²) in [5, 5.41) is 0. The van der Waals surface area contributed by atoms with E-state index in [9.17, 15) is 0 Å². The fourth-order valence-corrected chi connectivity index (χ4v) is 1.76. The molecular weight excluding hydrogens is 225 g/mol. The third-order valence-electron chi connectivity index (χ3n) is 3.50. The van der Waals surface area contributed by atoms with Crippen molar-refractivity contribution in [3.8, 4) is 11.8 Å². The number of hydrogen-bond acceptors (Lipinski definition) is 3. The van der Waals surface area contributed by atoms with Gasteiger partial charge in [-0.25, -0.2) is 0 Å². The SMILES string of the molecule is CC#CCC1(C)OB(/C(C)=C/C=NC)OC1(C)C. The molecule has 1 rings (SSSR count). The fraction of sp³-hybridized carbons (Fsp3) is 0.643. The van der Waals surface area contributed by atoms with Crippen LogP contribution in [-0.4, -0.2) is 31.6 Å². The van der Waals surface area contributed by atoms with Gasteiger partial charge < -0.3 is 9.31 Å². The second-order valence-electron chi connectivity index (χ2n) is 5.23. The Morgan fingerprint density at radius 1 is 1.33 bits per heavy atom. The van der Waals surface area contributed by atoms with E-state index in [1.54, 1.807) is 13.3 Å². The van der Waals surface area contributed by atoms with Crippen LogP contribution in [-0.2, 0) is 9.31 Å². The molecular formula is C14H22BNO2. The molecule has 1 atom stereocenters. The highest BCUT2D eigenvalue weighted by atomic mass is 16.7. The Balaban J connectivity index is 2.89. The van der Waals surface area contributed by atoms with E-state index >= 15 is 0 Å². The van der Waals surface area contributed by atoms with E-state index in [0.29, 0.717) is 6.42 Å². The third kappa shape index (κ3) is 3.04. The van der Waals surface area contributed by atoms with Gasteiger partial charge in [-0.1, -0.05) is 0 Å². The smallest absolute Gasteiger partial charge is 0.400 e. The van der Waals surface area contributed by atoms with Crippen LogP contribution in [0.4, 0.5) is 0 Å². The molecule has 0 aromatic carbocycles. The Bertz CT molecular complexity index is 417. The minimum absolute atomic E-state index is 0.318. The van der Waals surface area contributed by atoms with E-state index < -0.39 is 0 Å². The second kappa shape index (κ2) is 5.73. The van der Waals surface area contributed by atoms with Gasteiger partial charge >= 0.3 is 7.12 Å². The summed E-state index contributed by atoms with van der Waals surface area (Å²) in [6, 6.07) is 0. The summed E-state index contributed by atoms with van der Waals surface area (Å²) in [5.41, 5.74) is 0.265. The average molecular weight is 247 g/mol. The molecule has 0 aromatic heterocycles. The minimum Gasteiger partial charge on any atom is -0.400 e. The first kappa shape index (κ1) is 15.0. The van der Waals surface area contributed by atoms with Gasteiger partial charge in [0.15, 0.2) is 0 Å². The molecule has 0 amide bonds. The van der Waals surface area contributed by atoms with Gasteiger partial charge in [0, 0.05) is 19.7 Å². The Hall–Kier alpha value is -1.05. The van der Waals surface area contributed by atoms with E-state index in [2.05, 4.69) is 23.8 Å². The van der Waals surface area contributed by atoms with Crippen LogP contribution in [0, 0.1) is 11.8 Å². The standard InChI is InChI=1S/C14H22BNO2/c1-7-8-10-14(5)13(3,4)17-15(18-14)12(2)9-11-16-6/h9,11H,10H2,1-6H3/b12-9+,16-11?. The highest BCUT2D eigenvalue weighted by molar-refractivity contribution is 6.54. The van der Waals surface area contributed by atoms with Crippen molar-refractivity contribution >= 4 is 13.3 Å². The van der Waals surface area contributed by atoms with Crippen LogP contribution >= 0.6 is 0 Å². The predicted molar refractivity (Wildman–Crippen MR) is 76.6 cm³/mol. The van der Waals surface area contributed by atoms with Crippen molar-refractivity contribution in [1.29, 1.82) is 0 Å². The highest BCUT2D eigenvalue weighted by Crippen LogP contribution is 2.40. The Labute approximate surface area is 111 Å². The lowest BCUT2D eigenvalue weighted by Gasteiger charge is -2.34. The second-order valence-corrected chi connectivity index (χ2v) is 5.23. The van der Waals surface area contributed by atoms with Crippen molar-refractivity contribution in [2.75, 3.05) is 7.05 Å². The van der Waals surface area contributed by atoms with Crippen LogP contribution in [0.15, 0.2) is 16.5 Å². The molecule has 0 saturated carbocycles.